The molecule has 0 saturated carbocycles. The predicted molar refractivity (Wildman–Crippen MR) is 103 cm³/mol. The van der Waals surface area contributed by atoms with E-state index in [2.05, 4.69) is 15.8 Å². The van der Waals surface area contributed by atoms with Crippen molar-refractivity contribution in [1.29, 1.82) is 0 Å². The molecule has 0 saturated heterocycles. The van der Waals surface area contributed by atoms with Crippen LogP contribution in [0, 0.1) is 0 Å². The van der Waals surface area contributed by atoms with Crippen LogP contribution in [0.3, 0.4) is 0 Å². The van der Waals surface area contributed by atoms with Crippen LogP contribution in [-0.2, 0) is 6.54 Å². The molecule has 0 aliphatic rings. The summed E-state index contributed by atoms with van der Waals surface area (Å²) in [5, 5.41) is 7.65. The summed E-state index contributed by atoms with van der Waals surface area (Å²) < 4.78 is 16.0. The first-order valence-electron chi connectivity index (χ1n) is 7.58. The largest absolute Gasteiger partial charge is 0.496 e. The minimum atomic E-state index is 0.423. The lowest BCUT2D eigenvalue weighted by Gasteiger charge is -2.12. The summed E-state index contributed by atoms with van der Waals surface area (Å²) in [4.78, 5) is 0. The number of nitrogens with one attached hydrogen (secondary N) is 2. The fraction of sp³-hybridized carbons (Fsp3) is 0.222. The summed E-state index contributed by atoms with van der Waals surface area (Å²) in [7, 11) is 4.73. The lowest BCUT2D eigenvalue weighted by molar-refractivity contribution is 0.374. The second-order valence-corrected chi connectivity index (χ2v) is 5.39. The maximum absolute atomic E-state index is 5.37. The van der Waals surface area contributed by atoms with Gasteiger partial charge in [-0.1, -0.05) is 30.3 Å². The van der Waals surface area contributed by atoms with Crippen molar-refractivity contribution in [2.24, 2.45) is 5.10 Å². The van der Waals surface area contributed by atoms with E-state index < -0.39 is 0 Å². The molecule has 7 heteroatoms. The van der Waals surface area contributed by atoms with Gasteiger partial charge in [0.2, 0.25) is 0 Å². The smallest absolute Gasteiger partial charge is 0.187 e. The first-order chi connectivity index (χ1) is 12.2. The van der Waals surface area contributed by atoms with Crippen molar-refractivity contribution in [3.05, 3.63) is 53.6 Å². The molecule has 0 atom stereocenters. The zero-order chi connectivity index (χ0) is 18.1. The summed E-state index contributed by atoms with van der Waals surface area (Å²) >= 11 is 5.21. The van der Waals surface area contributed by atoms with Crippen molar-refractivity contribution >= 4 is 23.5 Å². The molecule has 6 nitrogen and oxygen atoms in total. The number of hydrazone groups is 1. The molecule has 0 aliphatic heterocycles. The van der Waals surface area contributed by atoms with Crippen LogP contribution in [-0.4, -0.2) is 32.7 Å². The molecule has 0 unspecified atom stereocenters. The minimum absolute atomic E-state index is 0.423. The second-order valence-electron chi connectivity index (χ2n) is 4.98. The van der Waals surface area contributed by atoms with Gasteiger partial charge >= 0.3 is 0 Å². The van der Waals surface area contributed by atoms with Crippen LogP contribution in [0.1, 0.15) is 11.1 Å². The number of hydrogen-bond acceptors (Lipinski definition) is 5. The van der Waals surface area contributed by atoms with Crippen molar-refractivity contribution in [2.75, 3.05) is 21.3 Å². The fourth-order valence-electron chi connectivity index (χ4n) is 2.13. The highest BCUT2D eigenvalue weighted by Crippen LogP contribution is 2.32. The van der Waals surface area contributed by atoms with Crippen LogP contribution in [0.25, 0.3) is 0 Å². The van der Waals surface area contributed by atoms with Crippen LogP contribution in [0.15, 0.2) is 47.6 Å². The number of hydrogen-bond donors (Lipinski definition) is 2. The van der Waals surface area contributed by atoms with Crippen LogP contribution in [0.4, 0.5) is 0 Å². The van der Waals surface area contributed by atoms with E-state index in [1.54, 1.807) is 39.7 Å². The van der Waals surface area contributed by atoms with E-state index in [1.807, 2.05) is 30.3 Å². The Morgan fingerprint density at radius 3 is 2.24 bits per heavy atom. The Labute approximate surface area is 152 Å². The molecule has 2 aromatic rings. The van der Waals surface area contributed by atoms with Gasteiger partial charge in [0.05, 0.1) is 33.1 Å². The second kappa shape index (κ2) is 9.48. The van der Waals surface area contributed by atoms with Gasteiger partial charge < -0.3 is 19.5 Å². The quantitative estimate of drug-likeness (QED) is 0.450. The number of methoxy groups -OCH3 is 3. The zero-order valence-corrected chi connectivity index (χ0v) is 15.2. The van der Waals surface area contributed by atoms with Crippen LogP contribution in [0.5, 0.6) is 17.2 Å². The first-order valence-corrected chi connectivity index (χ1v) is 7.99. The summed E-state index contributed by atoms with van der Waals surface area (Å²) in [5.41, 5.74) is 4.60. The number of rotatable bonds is 7. The Morgan fingerprint density at radius 2 is 1.68 bits per heavy atom. The number of ether oxygens (including phenoxy) is 3. The van der Waals surface area contributed by atoms with E-state index in [4.69, 9.17) is 26.4 Å². The third kappa shape index (κ3) is 5.36. The molecule has 0 amide bonds. The molecular formula is C18H21N3O3S. The minimum Gasteiger partial charge on any atom is -0.496 e. The van der Waals surface area contributed by atoms with Gasteiger partial charge in [-0.3, -0.25) is 5.43 Å². The molecule has 0 aliphatic carbocycles. The summed E-state index contributed by atoms with van der Waals surface area (Å²) in [5.74, 6) is 1.81. The third-order valence-electron chi connectivity index (χ3n) is 3.41. The molecule has 2 rings (SSSR count). The zero-order valence-electron chi connectivity index (χ0n) is 14.4. The number of benzene rings is 2. The van der Waals surface area contributed by atoms with E-state index in [0.717, 1.165) is 5.56 Å². The summed E-state index contributed by atoms with van der Waals surface area (Å²) in [6.45, 7) is 0.622. The van der Waals surface area contributed by atoms with E-state index in [9.17, 15) is 0 Å². The molecule has 132 valence electrons. The average molecular weight is 359 g/mol. The highest BCUT2D eigenvalue weighted by Gasteiger charge is 2.11. The van der Waals surface area contributed by atoms with Gasteiger partial charge in [-0.2, -0.15) is 5.10 Å². The number of thiocarbonyl (C=S) groups is 1. The Hall–Kier alpha value is -2.80. The Morgan fingerprint density at radius 1 is 1.04 bits per heavy atom. The van der Waals surface area contributed by atoms with E-state index in [0.29, 0.717) is 34.5 Å². The molecule has 2 aromatic carbocycles. The van der Waals surface area contributed by atoms with Crippen molar-refractivity contribution in [2.45, 2.75) is 6.54 Å². The van der Waals surface area contributed by atoms with Gasteiger partial charge in [0.1, 0.15) is 17.2 Å². The molecule has 0 spiro atoms. The third-order valence-corrected chi connectivity index (χ3v) is 3.64. The highest BCUT2D eigenvalue weighted by molar-refractivity contribution is 7.80. The van der Waals surface area contributed by atoms with Crippen molar-refractivity contribution in [1.82, 2.24) is 10.7 Å². The Balaban J connectivity index is 2.00. The SMILES string of the molecule is COc1cc(OC)c(/C=N\NC(=S)NCc2ccccc2)c(OC)c1. The lowest BCUT2D eigenvalue weighted by Crippen LogP contribution is -2.31. The van der Waals surface area contributed by atoms with Crippen LogP contribution >= 0.6 is 12.2 Å². The Kier molecular flexibility index (Phi) is 7.03. The van der Waals surface area contributed by atoms with Gasteiger partial charge in [0.15, 0.2) is 5.11 Å². The number of nitrogens with zero attached hydrogens (tertiary/aromatic N) is 1. The van der Waals surface area contributed by atoms with Crippen molar-refractivity contribution < 1.29 is 14.2 Å². The molecule has 0 heterocycles. The summed E-state index contributed by atoms with van der Waals surface area (Å²) in [6, 6.07) is 13.5. The first kappa shape index (κ1) is 18.5. The lowest BCUT2D eigenvalue weighted by atomic mass is 10.2. The van der Waals surface area contributed by atoms with Gasteiger partial charge in [0.25, 0.3) is 0 Å². The van der Waals surface area contributed by atoms with Crippen LogP contribution in [0.2, 0.25) is 0 Å². The van der Waals surface area contributed by atoms with Gasteiger partial charge in [-0.05, 0) is 17.8 Å². The molecule has 0 fully saturated rings. The van der Waals surface area contributed by atoms with Crippen molar-refractivity contribution in [3.8, 4) is 17.2 Å². The topological polar surface area (TPSA) is 64.1 Å². The normalized spacial score (nSPS) is 10.4. The maximum atomic E-state index is 5.37. The molecule has 0 bridgehead atoms. The molecule has 2 N–H and O–H groups in total. The van der Waals surface area contributed by atoms with Gasteiger partial charge in [0, 0.05) is 18.7 Å². The molecular weight excluding hydrogens is 338 g/mol. The monoisotopic (exact) mass is 359 g/mol. The van der Waals surface area contributed by atoms with E-state index in [1.165, 1.54) is 0 Å². The molecule has 0 radical (unpaired) electrons. The average Bonchev–Trinajstić information content (AvgIpc) is 2.66. The van der Waals surface area contributed by atoms with Crippen LogP contribution < -0.4 is 25.0 Å². The predicted octanol–water partition coefficient (Wildman–Crippen LogP) is 2.71. The Bertz CT molecular complexity index is 711. The fourth-order valence-corrected chi connectivity index (χ4v) is 2.26. The standard InChI is InChI=1S/C18H21N3O3S/c1-22-14-9-16(23-2)15(17(10-14)24-3)12-20-21-18(25)19-11-13-7-5-4-6-8-13/h4-10,12H,11H2,1-3H3,(H2,19,21,25)/b20-12-. The molecule has 0 aromatic heterocycles. The van der Waals surface area contributed by atoms with Gasteiger partial charge in [-0.15, -0.1) is 0 Å². The van der Waals surface area contributed by atoms with Gasteiger partial charge in [-0.25, -0.2) is 0 Å². The summed E-state index contributed by atoms with van der Waals surface area (Å²) in [6.07, 6.45) is 1.59. The van der Waals surface area contributed by atoms with Crippen molar-refractivity contribution in [3.63, 3.8) is 0 Å². The highest BCUT2D eigenvalue weighted by atomic mass is 32.1. The van der Waals surface area contributed by atoms with E-state index in [-0.39, 0.29) is 0 Å². The molecule has 25 heavy (non-hydrogen) atoms. The maximum Gasteiger partial charge on any atom is 0.187 e. The van der Waals surface area contributed by atoms with E-state index >= 15 is 0 Å².